The van der Waals surface area contributed by atoms with Crippen molar-refractivity contribution < 1.29 is 9.59 Å². The second-order valence-electron chi connectivity index (χ2n) is 5.07. The summed E-state index contributed by atoms with van der Waals surface area (Å²) in [5.41, 5.74) is 0. The molecule has 0 heterocycles. The smallest absolute Gasteiger partial charge is 0.132 e. The molecule has 0 rings (SSSR count). The van der Waals surface area contributed by atoms with Crippen molar-refractivity contribution in [2.45, 2.75) is 71.1 Å². The van der Waals surface area contributed by atoms with E-state index < -0.39 is 0 Å². The van der Waals surface area contributed by atoms with Gasteiger partial charge in [0.15, 0.2) is 0 Å². The largest absolute Gasteiger partial charge is 0.320 e. The van der Waals surface area contributed by atoms with Gasteiger partial charge in [0.05, 0.1) is 0 Å². The van der Waals surface area contributed by atoms with E-state index in [0.717, 1.165) is 32.2 Å². The van der Waals surface area contributed by atoms with Gasteiger partial charge in [-0.25, -0.2) is 0 Å². The zero-order valence-electron chi connectivity index (χ0n) is 12.1. The molecule has 0 atom stereocenters. The van der Waals surface area contributed by atoms with Crippen LogP contribution < -0.4 is 5.32 Å². The fourth-order valence-electron chi connectivity index (χ4n) is 1.98. The summed E-state index contributed by atoms with van der Waals surface area (Å²) in [6.45, 7) is 2.70. The van der Waals surface area contributed by atoms with E-state index in [-0.39, 0.29) is 5.78 Å². The summed E-state index contributed by atoms with van der Waals surface area (Å²) in [5, 5.41) is 3.14. The van der Waals surface area contributed by atoms with Gasteiger partial charge in [-0.15, -0.1) is 0 Å². The number of carbonyl (C=O) groups is 2. The molecule has 0 saturated heterocycles. The Hall–Kier alpha value is -0.700. The molecule has 0 fully saturated rings. The van der Waals surface area contributed by atoms with Gasteiger partial charge in [0.25, 0.3) is 0 Å². The van der Waals surface area contributed by atoms with E-state index in [1.165, 1.54) is 25.7 Å². The second kappa shape index (κ2) is 12.7. The van der Waals surface area contributed by atoms with Crippen LogP contribution in [0.2, 0.25) is 0 Å². The van der Waals surface area contributed by atoms with Crippen molar-refractivity contribution in [3.63, 3.8) is 0 Å². The van der Waals surface area contributed by atoms with Crippen LogP contribution in [0.1, 0.15) is 71.1 Å². The minimum Gasteiger partial charge on any atom is -0.320 e. The maximum absolute atomic E-state index is 11.5. The monoisotopic (exact) mass is 255 g/mol. The summed E-state index contributed by atoms with van der Waals surface area (Å²) in [4.78, 5) is 22.2. The molecule has 0 bridgehead atoms. The van der Waals surface area contributed by atoms with E-state index in [4.69, 9.17) is 0 Å². The predicted octanol–water partition coefficient (Wildman–Crippen LogP) is 3.26. The quantitative estimate of drug-likeness (QED) is 0.514. The average Bonchev–Trinajstić information content (AvgIpc) is 2.33. The summed E-state index contributed by atoms with van der Waals surface area (Å²) in [6, 6.07) is 0. The Balaban J connectivity index is 3.19. The van der Waals surface area contributed by atoms with Crippen LogP contribution in [0.4, 0.5) is 0 Å². The first-order valence-corrected chi connectivity index (χ1v) is 7.32. The Kier molecular flexibility index (Phi) is 12.3. The summed E-state index contributed by atoms with van der Waals surface area (Å²) >= 11 is 0. The number of ketones is 2. The first-order chi connectivity index (χ1) is 8.66. The number of unbranched alkanes of at least 4 members (excludes halogenated alkanes) is 5. The van der Waals surface area contributed by atoms with Gasteiger partial charge in [0, 0.05) is 19.3 Å². The number of rotatable bonds is 13. The lowest BCUT2D eigenvalue weighted by molar-refractivity contribution is -0.120. The van der Waals surface area contributed by atoms with Crippen LogP contribution in [0, 0.1) is 0 Å². The second-order valence-corrected chi connectivity index (χ2v) is 5.07. The van der Waals surface area contributed by atoms with Gasteiger partial charge in [0.1, 0.15) is 11.6 Å². The van der Waals surface area contributed by atoms with Crippen LogP contribution in [0.3, 0.4) is 0 Å². The van der Waals surface area contributed by atoms with E-state index in [1.54, 1.807) is 6.92 Å². The van der Waals surface area contributed by atoms with Crippen LogP contribution >= 0.6 is 0 Å². The zero-order valence-corrected chi connectivity index (χ0v) is 12.1. The first kappa shape index (κ1) is 17.3. The van der Waals surface area contributed by atoms with Crippen molar-refractivity contribution in [2.75, 3.05) is 13.6 Å². The third kappa shape index (κ3) is 13.4. The Bertz CT molecular complexity index is 227. The number of Topliss-reactive ketones (excluding diaryl/α,β-unsaturated/α-hetero) is 2. The SMILES string of the molecule is CNCCCCCCCC(=O)CCCCC(C)=O. The molecule has 0 spiro atoms. The first-order valence-electron chi connectivity index (χ1n) is 7.32. The zero-order chi connectivity index (χ0) is 13.6. The fraction of sp³-hybridized carbons (Fsp3) is 0.867. The summed E-state index contributed by atoms with van der Waals surface area (Å²) in [6.07, 6.45) is 9.68. The number of nitrogens with one attached hydrogen (secondary N) is 1. The standard InChI is InChI=1S/C15H29NO2/c1-14(17)10-7-8-12-15(18)11-6-4-3-5-9-13-16-2/h16H,3-13H2,1-2H3. The van der Waals surface area contributed by atoms with Gasteiger partial charge in [-0.2, -0.15) is 0 Å². The molecule has 0 aliphatic rings. The minimum atomic E-state index is 0.226. The molecule has 3 heteroatoms. The van der Waals surface area contributed by atoms with Crippen molar-refractivity contribution >= 4 is 11.6 Å². The van der Waals surface area contributed by atoms with Crippen LogP contribution in [-0.2, 0) is 9.59 Å². The molecule has 0 radical (unpaired) electrons. The molecule has 0 amide bonds. The number of hydrogen-bond donors (Lipinski definition) is 1. The Morgan fingerprint density at radius 3 is 1.89 bits per heavy atom. The number of carbonyl (C=O) groups excluding carboxylic acids is 2. The molecule has 1 N–H and O–H groups in total. The molecule has 18 heavy (non-hydrogen) atoms. The highest BCUT2D eigenvalue weighted by Crippen LogP contribution is 2.09. The Morgan fingerprint density at radius 1 is 0.778 bits per heavy atom. The molecule has 0 unspecified atom stereocenters. The molecule has 0 saturated carbocycles. The van der Waals surface area contributed by atoms with E-state index in [1.807, 2.05) is 7.05 Å². The third-order valence-corrected chi connectivity index (χ3v) is 3.12. The van der Waals surface area contributed by atoms with Crippen molar-refractivity contribution in [2.24, 2.45) is 0 Å². The van der Waals surface area contributed by atoms with Gasteiger partial charge < -0.3 is 10.1 Å². The maximum atomic E-state index is 11.5. The predicted molar refractivity (Wildman–Crippen MR) is 75.8 cm³/mol. The summed E-state index contributed by atoms with van der Waals surface area (Å²) in [7, 11) is 1.98. The minimum absolute atomic E-state index is 0.226. The van der Waals surface area contributed by atoms with Crippen LogP contribution in [0.5, 0.6) is 0 Å². The highest BCUT2D eigenvalue weighted by molar-refractivity contribution is 5.78. The van der Waals surface area contributed by atoms with E-state index in [0.29, 0.717) is 18.6 Å². The molecule has 0 aromatic rings. The average molecular weight is 255 g/mol. The van der Waals surface area contributed by atoms with Gasteiger partial charge in [-0.3, -0.25) is 4.79 Å². The highest BCUT2D eigenvalue weighted by Gasteiger charge is 2.02. The van der Waals surface area contributed by atoms with E-state index in [2.05, 4.69) is 5.32 Å². The van der Waals surface area contributed by atoms with Gasteiger partial charge in [-0.05, 0) is 46.2 Å². The third-order valence-electron chi connectivity index (χ3n) is 3.12. The van der Waals surface area contributed by atoms with Crippen molar-refractivity contribution in [1.82, 2.24) is 5.32 Å². The Morgan fingerprint density at radius 2 is 1.28 bits per heavy atom. The molecule has 0 aliphatic heterocycles. The van der Waals surface area contributed by atoms with Gasteiger partial charge in [-0.1, -0.05) is 19.3 Å². The van der Waals surface area contributed by atoms with Crippen molar-refractivity contribution in [3.8, 4) is 0 Å². The topological polar surface area (TPSA) is 46.2 Å². The Labute approximate surface area is 112 Å². The summed E-state index contributed by atoms with van der Waals surface area (Å²) in [5.74, 6) is 0.595. The van der Waals surface area contributed by atoms with Crippen molar-refractivity contribution in [1.29, 1.82) is 0 Å². The lowest BCUT2D eigenvalue weighted by atomic mass is 10.0. The van der Waals surface area contributed by atoms with Crippen LogP contribution in [0.15, 0.2) is 0 Å². The van der Waals surface area contributed by atoms with Crippen molar-refractivity contribution in [3.05, 3.63) is 0 Å². The molecule has 0 aromatic carbocycles. The van der Waals surface area contributed by atoms with Crippen LogP contribution in [0.25, 0.3) is 0 Å². The maximum Gasteiger partial charge on any atom is 0.132 e. The highest BCUT2D eigenvalue weighted by atomic mass is 16.1. The molecular weight excluding hydrogens is 226 g/mol. The van der Waals surface area contributed by atoms with Crippen LogP contribution in [-0.4, -0.2) is 25.2 Å². The normalized spacial score (nSPS) is 10.6. The molecule has 0 aromatic heterocycles. The van der Waals surface area contributed by atoms with E-state index in [9.17, 15) is 9.59 Å². The molecule has 106 valence electrons. The lowest BCUT2D eigenvalue weighted by Gasteiger charge is -2.02. The van der Waals surface area contributed by atoms with E-state index >= 15 is 0 Å². The van der Waals surface area contributed by atoms with Gasteiger partial charge in [0.2, 0.25) is 0 Å². The number of hydrogen-bond acceptors (Lipinski definition) is 3. The fourth-order valence-corrected chi connectivity index (χ4v) is 1.98. The molecular formula is C15H29NO2. The lowest BCUT2D eigenvalue weighted by Crippen LogP contribution is -2.06. The molecule has 0 aliphatic carbocycles. The van der Waals surface area contributed by atoms with Gasteiger partial charge >= 0.3 is 0 Å². The summed E-state index contributed by atoms with van der Waals surface area (Å²) < 4.78 is 0. The molecule has 3 nitrogen and oxygen atoms in total.